The van der Waals surface area contributed by atoms with E-state index in [-0.39, 0.29) is 11.5 Å². The molecule has 1 aliphatic rings. The summed E-state index contributed by atoms with van der Waals surface area (Å²) in [6.07, 6.45) is 3.32. The molecule has 1 aromatic heterocycles. The highest BCUT2D eigenvalue weighted by Gasteiger charge is 2.31. The second-order valence-electron chi connectivity index (χ2n) is 6.81. The van der Waals surface area contributed by atoms with Gasteiger partial charge in [-0.2, -0.15) is 17.0 Å². The molecule has 0 bridgehead atoms. The standard InChI is InChI=1S/C19H23N3O4S/c1-21(2)27(25,26)22-11-5-6-15(13-22)18-10-9-14(12-20-18)16-7-3-4-8-17(16)19(23)24/h3-4,7-10,12,15H,5-6,11,13H2,1-2H3,(H,23,24)/t15-/m0/s1. The maximum atomic E-state index is 12.4. The van der Waals surface area contributed by atoms with E-state index in [9.17, 15) is 18.3 Å². The van der Waals surface area contributed by atoms with Crippen molar-refractivity contribution in [3.05, 3.63) is 53.9 Å². The van der Waals surface area contributed by atoms with Crippen molar-refractivity contribution < 1.29 is 18.3 Å². The summed E-state index contributed by atoms with van der Waals surface area (Å²) in [6, 6.07) is 10.5. The minimum absolute atomic E-state index is 0.0252. The first kappa shape index (κ1) is 19.5. The zero-order valence-electron chi connectivity index (χ0n) is 15.4. The van der Waals surface area contributed by atoms with E-state index in [1.165, 1.54) is 22.7 Å². The highest BCUT2D eigenvalue weighted by molar-refractivity contribution is 7.86. The van der Waals surface area contributed by atoms with Crippen LogP contribution in [0.4, 0.5) is 0 Å². The van der Waals surface area contributed by atoms with Crippen LogP contribution in [0.25, 0.3) is 11.1 Å². The molecule has 0 saturated carbocycles. The molecule has 2 aromatic rings. The number of rotatable bonds is 5. The van der Waals surface area contributed by atoms with E-state index in [0.29, 0.717) is 18.7 Å². The molecule has 7 nitrogen and oxygen atoms in total. The molecule has 1 atom stereocenters. The van der Waals surface area contributed by atoms with Crippen molar-refractivity contribution >= 4 is 16.2 Å². The molecule has 0 unspecified atom stereocenters. The lowest BCUT2D eigenvalue weighted by Crippen LogP contribution is -2.45. The van der Waals surface area contributed by atoms with Gasteiger partial charge in [-0.15, -0.1) is 0 Å². The number of aromatic nitrogens is 1. The van der Waals surface area contributed by atoms with Gasteiger partial charge >= 0.3 is 5.97 Å². The smallest absolute Gasteiger partial charge is 0.336 e. The van der Waals surface area contributed by atoms with Crippen molar-refractivity contribution in [1.82, 2.24) is 13.6 Å². The molecule has 2 heterocycles. The molecule has 1 N–H and O–H groups in total. The Bertz CT molecular complexity index is 926. The lowest BCUT2D eigenvalue weighted by Gasteiger charge is -2.33. The van der Waals surface area contributed by atoms with E-state index in [1.54, 1.807) is 30.5 Å². The van der Waals surface area contributed by atoms with Crippen molar-refractivity contribution in [1.29, 1.82) is 0 Å². The highest BCUT2D eigenvalue weighted by atomic mass is 32.2. The first-order valence-electron chi connectivity index (χ1n) is 8.77. The van der Waals surface area contributed by atoms with Crippen LogP contribution >= 0.6 is 0 Å². The number of nitrogens with zero attached hydrogens (tertiary/aromatic N) is 3. The second kappa shape index (κ2) is 7.75. The van der Waals surface area contributed by atoms with Gasteiger partial charge in [0.1, 0.15) is 0 Å². The second-order valence-corrected chi connectivity index (χ2v) is 8.95. The third-order valence-corrected chi connectivity index (χ3v) is 6.75. The van der Waals surface area contributed by atoms with Crippen LogP contribution in [-0.2, 0) is 10.2 Å². The maximum Gasteiger partial charge on any atom is 0.336 e. The van der Waals surface area contributed by atoms with Crippen molar-refractivity contribution in [2.45, 2.75) is 18.8 Å². The van der Waals surface area contributed by atoms with Gasteiger partial charge in [0.15, 0.2) is 0 Å². The van der Waals surface area contributed by atoms with E-state index in [1.807, 2.05) is 12.1 Å². The Kier molecular flexibility index (Phi) is 5.59. The fourth-order valence-corrected chi connectivity index (χ4v) is 4.54. The van der Waals surface area contributed by atoms with Crippen LogP contribution in [0.2, 0.25) is 0 Å². The average molecular weight is 389 g/mol. The Balaban J connectivity index is 1.83. The molecule has 1 fully saturated rings. The lowest BCUT2D eigenvalue weighted by atomic mass is 9.94. The summed E-state index contributed by atoms with van der Waals surface area (Å²) in [5.41, 5.74) is 2.40. The van der Waals surface area contributed by atoms with Crippen LogP contribution in [0.3, 0.4) is 0 Å². The highest BCUT2D eigenvalue weighted by Crippen LogP contribution is 2.29. The van der Waals surface area contributed by atoms with E-state index >= 15 is 0 Å². The first-order chi connectivity index (χ1) is 12.8. The minimum atomic E-state index is -3.43. The van der Waals surface area contributed by atoms with Gasteiger partial charge in [-0.25, -0.2) is 4.79 Å². The van der Waals surface area contributed by atoms with Gasteiger partial charge in [-0.3, -0.25) is 4.98 Å². The number of carbonyl (C=O) groups is 1. The number of piperidine rings is 1. The number of benzene rings is 1. The summed E-state index contributed by atoms with van der Waals surface area (Å²) in [7, 11) is -0.366. The summed E-state index contributed by atoms with van der Waals surface area (Å²) in [5, 5.41) is 9.35. The average Bonchev–Trinajstić information content (AvgIpc) is 2.68. The van der Waals surface area contributed by atoms with Crippen LogP contribution in [0.15, 0.2) is 42.6 Å². The van der Waals surface area contributed by atoms with Crippen molar-refractivity contribution in [2.24, 2.45) is 0 Å². The van der Waals surface area contributed by atoms with Gasteiger partial charge in [0.2, 0.25) is 0 Å². The number of carboxylic acid groups (broad SMARTS) is 1. The fraction of sp³-hybridized carbons (Fsp3) is 0.368. The summed E-state index contributed by atoms with van der Waals surface area (Å²) < 4.78 is 27.5. The van der Waals surface area contributed by atoms with Gasteiger partial charge in [0.25, 0.3) is 10.2 Å². The van der Waals surface area contributed by atoms with E-state index in [4.69, 9.17) is 0 Å². The van der Waals surface area contributed by atoms with Crippen molar-refractivity contribution in [2.75, 3.05) is 27.2 Å². The summed E-state index contributed by atoms with van der Waals surface area (Å²) in [6.45, 7) is 0.916. The third-order valence-electron chi connectivity index (χ3n) is 4.84. The Labute approximate surface area is 159 Å². The zero-order valence-corrected chi connectivity index (χ0v) is 16.2. The molecule has 3 rings (SSSR count). The Morgan fingerprint density at radius 2 is 1.96 bits per heavy atom. The topological polar surface area (TPSA) is 90.8 Å². The first-order valence-corrected chi connectivity index (χ1v) is 10.2. The van der Waals surface area contributed by atoms with Crippen LogP contribution in [0, 0.1) is 0 Å². The number of hydrogen-bond donors (Lipinski definition) is 1. The number of hydrogen-bond acceptors (Lipinski definition) is 4. The van der Waals surface area contributed by atoms with Crippen LogP contribution < -0.4 is 0 Å². The van der Waals surface area contributed by atoms with Crippen molar-refractivity contribution in [3.8, 4) is 11.1 Å². The normalized spacial score (nSPS) is 18.6. The predicted molar refractivity (Wildman–Crippen MR) is 103 cm³/mol. The fourth-order valence-electron chi connectivity index (χ4n) is 3.35. The molecule has 8 heteroatoms. The zero-order chi connectivity index (χ0) is 19.6. The molecule has 1 saturated heterocycles. The molecule has 0 amide bonds. The van der Waals surface area contributed by atoms with E-state index in [0.717, 1.165) is 24.1 Å². The van der Waals surface area contributed by atoms with Gasteiger partial charge in [-0.05, 0) is 30.5 Å². The Hall–Kier alpha value is -2.29. The largest absolute Gasteiger partial charge is 0.478 e. The minimum Gasteiger partial charge on any atom is -0.478 e. The van der Waals surface area contributed by atoms with Gasteiger partial charge in [-0.1, -0.05) is 24.3 Å². The van der Waals surface area contributed by atoms with Crippen LogP contribution in [0.1, 0.15) is 34.8 Å². The van der Waals surface area contributed by atoms with Gasteiger partial charge < -0.3 is 5.11 Å². The molecular weight excluding hydrogens is 366 g/mol. The molecule has 144 valence electrons. The maximum absolute atomic E-state index is 12.4. The predicted octanol–water partition coefficient (Wildman–Crippen LogP) is 2.43. The molecule has 0 spiro atoms. The molecule has 1 aromatic carbocycles. The number of carboxylic acids is 1. The Morgan fingerprint density at radius 3 is 2.59 bits per heavy atom. The molecule has 1 aliphatic heterocycles. The summed E-state index contributed by atoms with van der Waals surface area (Å²) in [5.74, 6) is -0.955. The van der Waals surface area contributed by atoms with E-state index < -0.39 is 16.2 Å². The quantitative estimate of drug-likeness (QED) is 0.848. The van der Waals surface area contributed by atoms with E-state index in [2.05, 4.69) is 4.98 Å². The number of aromatic carboxylic acids is 1. The SMILES string of the molecule is CN(C)S(=O)(=O)N1CCC[C@H](c2ccc(-c3ccccc3C(=O)O)cn2)C1. The van der Waals surface area contributed by atoms with Crippen molar-refractivity contribution in [3.63, 3.8) is 0 Å². The third kappa shape index (κ3) is 4.02. The molecule has 0 radical (unpaired) electrons. The van der Waals surface area contributed by atoms with Crippen LogP contribution in [0.5, 0.6) is 0 Å². The van der Waals surface area contributed by atoms with Gasteiger partial charge in [0, 0.05) is 50.6 Å². The lowest BCUT2D eigenvalue weighted by molar-refractivity contribution is 0.0697. The Morgan fingerprint density at radius 1 is 1.22 bits per heavy atom. The molecular formula is C19H23N3O4S. The number of pyridine rings is 1. The summed E-state index contributed by atoms with van der Waals surface area (Å²) in [4.78, 5) is 15.9. The monoisotopic (exact) mass is 389 g/mol. The van der Waals surface area contributed by atoms with Crippen LogP contribution in [-0.4, -0.2) is 60.3 Å². The molecule has 0 aliphatic carbocycles. The molecule has 27 heavy (non-hydrogen) atoms. The summed E-state index contributed by atoms with van der Waals surface area (Å²) >= 11 is 0. The van der Waals surface area contributed by atoms with Gasteiger partial charge in [0.05, 0.1) is 5.56 Å².